The van der Waals surface area contributed by atoms with Crippen LogP contribution in [-0.2, 0) is 0 Å². The van der Waals surface area contributed by atoms with E-state index in [1.807, 2.05) is 0 Å². The second-order valence-corrected chi connectivity index (χ2v) is 3.71. The fourth-order valence-corrected chi connectivity index (χ4v) is 1.63. The third-order valence-electron chi connectivity index (χ3n) is 2.72. The third-order valence-corrected chi connectivity index (χ3v) is 2.72. The molecule has 2 N–H and O–H groups in total. The van der Waals surface area contributed by atoms with Crippen LogP contribution in [0.2, 0.25) is 0 Å². The van der Waals surface area contributed by atoms with Gasteiger partial charge in [-0.1, -0.05) is 12.1 Å². The fourth-order valence-electron chi connectivity index (χ4n) is 1.63. The minimum Gasteiger partial charge on any atom is -0.492 e. The number of ketones is 1. The number of rotatable bonds is 2. The van der Waals surface area contributed by atoms with Crippen LogP contribution in [0.1, 0.15) is 10.4 Å². The molecule has 0 saturated carbocycles. The summed E-state index contributed by atoms with van der Waals surface area (Å²) >= 11 is 0. The van der Waals surface area contributed by atoms with Crippen molar-refractivity contribution < 1.29 is 19.7 Å². The van der Waals surface area contributed by atoms with Gasteiger partial charge in [0.1, 0.15) is 17.8 Å². The van der Waals surface area contributed by atoms with Crippen molar-refractivity contribution >= 4 is 5.78 Å². The minimum atomic E-state index is -1.19. The number of benzene rings is 1. The van der Waals surface area contributed by atoms with Gasteiger partial charge in [0.25, 0.3) is 0 Å². The van der Waals surface area contributed by atoms with Gasteiger partial charge in [-0.3, -0.25) is 4.79 Å². The Morgan fingerprint density at radius 3 is 2.60 bits per heavy atom. The predicted octanol–water partition coefficient (Wildman–Crippen LogP) is 0.233. The highest BCUT2D eigenvalue weighted by atomic mass is 16.5. The van der Waals surface area contributed by atoms with Gasteiger partial charge in [-0.15, -0.1) is 0 Å². The molecule has 4 nitrogen and oxygen atoms in total. The lowest BCUT2D eigenvalue weighted by molar-refractivity contribution is 0.0112. The molecule has 0 amide bonds. The molecule has 0 saturated heterocycles. The molecule has 0 aliphatic carbocycles. The van der Waals surface area contributed by atoms with Crippen LogP contribution < -0.4 is 4.74 Å². The largest absolute Gasteiger partial charge is 0.492 e. The van der Waals surface area contributed by atoms with Crippen molar-refractivity contribution in [2.45, 2.75) is 0 Å². The molecule has 0 bridgehead atoms. The van der Waals surface area contributed by atoms with Crippen molar-refractivity contribution in [2.75, 3.05) is 19.8 Å². The molecule has 0 unspecified atom stereocenters. The van der Waals surface area contributed by atoms with E-state index in [-0.39, 0.29) is 12.4 Å². The van der Waals surface area contributed by atoms with Crippen molar-refractivity contribution in [2.24, 2.45) is 5.41 Å². The van der Waals surface area contributed by atoms with Gasteiger partial charge in [0.05, 0.1) is 18.8 Å². The van der Waals surface area contributed by atoms with Crippen molar-refractivity contribution in [3.8, 4) is 5.75 Å². The van der Waals surface area contributed by atoms with Crippen LogP contribution in [-0.4, -0.2) is 35.8 Å². The molecule has 0 radical (unpaired) electrons. The number of fused-ring (bicyclic) bond motifs is 1. The average Bonchev–Trinajstić information content (AvgIpc) is 2.31. The van der Waals surface area contributed by atoms with E-state index in [9.17, 15) is 15.0 Å². The van der Waals surface area contributed by atoms with Gasteiger partial charge in [0.15, 0.2) is 5.78 Å². The summed E-state index contributed by atoms with van der Waals surface area (Å²) < 4.78 is 5.35. The second-order valence-electron chi connectivity index (χ2n) is 3.71. The zero-order chi connectivity index (χ0) is 10.9. The van der Waals surface area contributed by atoms with Crippen LogP contribution in [0.4, 0.5) is 0 Å². The quantitative estimate of drug-likeness (QED) is 0.730. The molecule has 1 aliphatic rings. The molecule has 2 rings (SSSR count). The number of para-hydroxylation sites is 1. The minimum absolute atomic E-state index is 0.0237. The normalized spacial score (nSPS) is 18.1. The number of ether oxygens (including phenoxy) is 1. The molecule has 0 atom stereocenters. The summed E-state index contributed by atoms with van der Waals surface area (Å²) in [6.07, 6.45) is 0. The molecule has 1 aromatic carbocycles. The Morgan fingerprint density at radius 2 is 1.93 bits per heavy atom. The Balaban J connectivity index is 2.45. The monoisotopic (exact) mass is 208 g/mol. The van der Waals surface area contributed by atoms with Gasteiger partial charge in [0, 0.05) is 0 Å². The van der Waals surface area contributed by atoms with Crippen LogP contribution in [0.15, 0.2) is 24.3 Å². The first-order valence-electron chi connectivity index (χ1n) is 4.72. The van der Waals surface area contributed by atoms with Crippen LogP contribution in [0.25, 0.3) is 0 Å². The maximum atomic E-state index is 12.0. The van der Waals surface area contributed by atoms with Crippen molar-refractivity contribution in [3.05, 3.63) is 29.8 Å². The maximum Gasteiger partial charge on any atom is 0.180 e. The van der Waals surface area contributed by atoms with Crippen LogP contribution >= 0.6 is 0 Å². The highest BCUT2D eigenvalue weighted by molar-refractivity contribution is 6.04. The molecular weight excluding hydrogens is 196 g/mol. The van der Waals surface area contributed by atoms with E-state index < -0.39 is 18.6 Å². The third kappa shape index (κ3) is 1.42. The van der Waals surface area contributed by atoms with Gasteiger partial charge >= 0.3 is 0 Å². The van der Waals surface area contributed by atoms with E-state index in [0.29, 0.717) is 11.3 Å². The standard InChI is InChI=1S/C11H12O4/c12-5-11(6-13)7-15-9-4-2-1-3-8(9)10(11)14/h1-4,12-13H,5-7H2. The Labute approximate surface area is 87.1 Å². The van der Waals surface area contributed by atoms with E-state index in [2.05, 4.69) is 0 Å². The highest BCUT2D eigenvalue weighted by Crippen LogP contribution is 2.33. The zero-order valence-electron chi connectivity index (χ0n) is 8.14. The summed E-state index contributed by atoms with van der Waals surface area (Å²) in [5, 5.41) is 18.4. The number of aliphatic hydroxyl groups excluding tert-OH is 2. The highest BCUT2D eigenvalue weighted by Gasteiger charge is 2.43. The van der Waals surface area contributed by atoms with E-state index in [4.69, 9.17) is 4.74 Å². The Morgan fingerprint density at radius 1 is 1.27 bits per heavy atom. The molecule has 15 heavy (non-hydrogen) atoms. The molecule has 1 aliphatic heterocycles. The van der Waals surface area contributed by atoms with Gasteiger partial charge in [-0.05, 0) is 12.1 Å². The number of hydrogen-bond acceptors (Lipinski definition) is 4. The van der Waals surface area contributed by atoms with Crippen LogP contribution in [0.5, 0.6) is 5.75 Å². The van der Waals surface area contributed by atoms with Crippen molar-refractivity contribution in [1.29, 1.82) is 0 Å². The summed E-state index contributed by atoms with van der Waals surface area (Å²) in [6, 6.07) is 6.84. The second kappa shape index (κ2) is 3.64. The molecule has 80 valence electrons. The SMILES string of the molecule is O=C1c2ccccc2OCC1(CO)CO. The lowest BCUT2D eigenvalue weighted by Gasteiger charge is -2.33. The van der Waals surface area contributed by atoms with Gasteiger partial charge in [-0.25, -0.2) is 0 Å². The number of aliphatic hydroxyl groups is 2. The molecule has 0 spiro atoms. The molecule has 0 aromatic heterocycles. The molecule has 1 heterocycles. The molecular formula is C11H12O4. The zero-order valence-corrected chi connectivity index (χ0v) is 8.14. The molecule has 0 fully saturated rings. The molecule has 1 aromatic rings. The molecule has 4 heteroatoms. The average molecular weight is 208 g/mol. The summed E-state index contributed by atoms with van der Waals surface area (Å²) in [7, 11) is 0. The van der Waals surface area contributed by atoms with Crippen molar-refractivity contribution in [1.82, 2.24) is 0 Å². The topological polar surface area (TPSA) is 66.8 Å². The summed E-state index contributed by atoms with van der Waals surface area (Å²) in [4.78, 5) is 12.0. The van der Waals surface area contributed by atoms with Crippen LogP contribution in [0.3, 0.4) is 0 Å². The number of carbonyl (C=O) groups is 1. The van der Waals surface area contributed by atoms with Crippen molar-refractivity contribution in [3.63, 3.8) is 0 Å². The summed E-state index contributed by atoms with van der Waals surface area (Å²) in [5.41, 5.74) is -0.763. The lowest BCUT2D eigenvalue weighted by atomic mass is 9.80. The summed E-state index contributed by atoms with van der Waals surface area (Å²) in [6.45, 7) is -0.789. The smallest absolute Gasteiger partial charge is 0.180 e. The summed E-state index contributed by atoms with van der Waals surface area (Å²) in [5.74, 6) is 0.259. The van der Waals surface area contributed by atoms with Gasteiger partial charge in [0.2, 0.25) is 0 Å². The first kappa shape index (κ1) is 10.1. The Bertz CT molecular complexity index is 382. The Kier molecular flexibility index (Phi) is 2.46. The number of Topliss-reactive ketones (excluding diaryl/α,β-unsaturated/α-hetero) is 1. The number of hydrogen-bond donors (Lipinski definition) is 2. The Hall–Kier alpha value is -1.39. The van der Waals surface area contributed by atoms with Gasteiger partial charge < -0.3 is 14.9 Å². The predicted molar refractivity (Wildman–Crippen MR) is 52.9 cm³/mol. The van der Waals surface area contributed by atoms with E-state index in [1.165, 1.54) is 0 Å². The van der Waals surface area contributed by atoms with E-state index >= 15 is 0 Å². The first-order chi connectivity index (χ1) is 7.23. The number of carbonyl (C=O) groups excluding carboxylic acids is 1. The van der Waals surface area contributed by atoms with Crippen LogP contribution in [0, 0.1) is 5.41 Å². The fraction of sp³-hybridized carbons (Fsp3) is 0.364. The van der Waals surface area contributed by atoms with E-state index in [1.54, 1.807) is 24.3 Å². The van der Waals surface area contributed by atoms with E-state index in [0.717, 1.165) is 0 Å². The lowest BCUT2D eigenvalue weighted by Crippen LogP contribution is -2.46. The maximum absolute atomic E-state index is 12.0. The first-order valence-corrected chi connectivity index (χ1v) is 4.72. The van der Waals surface area contributed by atoms with Gasteiger partial charge in [-0.2, -0.15) is 0 Å².